The number of allylic oxidation sites excluding steroid dienone is 2. The molecule has 6 atom stereocenters. The van der Waals surface area contributed by atoms with E-state index in [2.05, 4.69) is 39.8 Å². The summed E-state index contributed by atoms with van der Waals surface area (Å²) in [6.45, 7) is 12.6. The number of aliphatic hydroxyl groups is 1. The Morgan fingerprint density at radius 3 is 2.46 bits per heavy atom. The lowest BCUT2D eigenvalue weighted by Crippen LogP contribution is -2.53. The van der Waals surface area contributed by atoms with Crippen molar-refractivity contribution in [1.29, 1.82) is 0 Å². The summed E-state index contributed by atoms with van der Waals surface area (Å²) in [5, 5.41) is 19.5. The minimum atomic E-state index is -0.996. The van der Waals surface area contributed by atoms with Crippen LogP contribution in [0.4, 0.5) is 0 Å². The van der Waals surface area contributed by atoms with Crippen molar-refractivity contribution >= 4 is 5.97 Å². The van der Waals surface area contributed by atoms with Crippen LogP contribution in [0.25, 0.3) is 0 Å². The zero-order valence-corrected chi connectivity index (χ0v) is 16.5. The standard InChI is InChI=1S/C22H30O4/c1-7-13(2)18-20(5)10-14(3)17-21(20,6)19(26-18)15(4)11-22(17,12-23)9-8-16(24)25/h7-11,17-19,23H,12H2,1-6H3,(H,24,25)/b9-8+,13-7-/t17-,18+,19-,20-,21+,22+/m0/s1. The van der Waals surface area contributed by atoms with Crippen molar-refractivity contribution in [2.75, 3.05) is 6.61 Å². The second-order valence-corrected chi connectivity index (χ2v) is 8.65. The van der Waals surface area contributed by atoms with Crippen molar-refractivity contribution in [3.05, 3.63) is 47.1 Å². The maximum atomic E-state index is 11.2. The molecule has 2 aliphatic carbocycles. The van der Waals surface area contributed by atoms with E-state index >= 15 is 0 Å². The first-order valence-electron chi connectivity index (χ1n) is 9.27. The number of hydrogen-bond donors (Lipinski definition) is 2. The van der Waals surface area contributed by atoms with E-state index in [4.69, 9.17) is 9.84 Å². The lowest BCUT2D eigenvalue weighted by molar-refractivity contribution is -0.131. The maximum Gasteiger partial charge on any atom is 0.328 e. The van der Waals surface area contributed by atoms with Gasteiger partial charge in [0.2, 0.25) is 0 Å². The molecule has 3 rings (SSSR count). The quantitative estimate of drug-likeness (QED) is 0.591. The van der Waals surface area contributed by atoms with Crippen LogP contribution in [-0.4, -0.2) is 35.0 Å². The van der Waals surface area contributed by atoms with Crippen LogP contribution >= 0.6 is 0 Å². The van der Waals surface area contributed by atoms with Crippen LogP contribution in [0.1, 0.15) is 41.5 Å². The van der Waals surface area contributed by atoms with Gasteiger partial charge in [-0.2, -0.15) is 0 Å². The zero-order valence-electron chi connectivity index (χ0n) is 16.5. The number of carbonyl (C=O) groups is 1. The fraction of sp³-hybridized carbons (Fsp3) is 0.591. The zero-order chi connectivity index (χ0) is 19.5. The Balaban J connectivity index is 2.24. The lowest BCUT2D eigenvalue weighted by atomic mass is 9.49. The molecule has 1 aliphatic heterocycles. The number of carboxylic acids is 1. The van der Waals surface area contributed by atoms with Gasteiger partial charge in [0.1, 0.15) is 0 Å². The molecule has 1 heterocycles. The highest BCUT2D eigenvalue weighted by Gasteiger charge is 2.71. The molecule has 0 aromatic carbocycles. The van der Waals surface area contributed by atoms with Crippen molar-refractivity contribution in [3.63, 3.8) is 0 Å². The molecule has 1 fully saturated rings. The Bertz CT molecular complexity index is 758. The van der Waals surface area contributed by atoms with E-state index in [-0.39, 0.29) is 35.6 Å². The van der Waals surface area contributed by atoms with Crippen LogP contribution in [0.2, 0.25) is 0 Å². The van der Waals surface area contributed by atoms with E-state index in [1.165, 1.54) is 11.1 Å². The van der Waals surface area contributed by atoms with Gasteiger partial charge >= 0.3 is 5.97 Å². The molecule has 0 aromatic rings. The first-order valence-corrected chi connectivity index (χ1v) is 9.27. The third-order valence-corrected chi connectivity index (χ3v) is 7.23. The number of carboxylic acid groups (broad SMARTS) is 1. The maximum absolute atomic E-state index is 11.2. The SMILES string of the molecule is C/C=C(/C)[C@H]1O[C@H]2C(C)=C[C@](/C=C/C(=O)O)(CO)[C@H]3C(C)=C[C@]1(C)[C@@]23C. The Labute approximate surface area is 155 Å². The largest absolute Gasteiger partial charge is 0.478 e. The summed E-state index contributed by atoms with van der Waals surface area (Å²) >= 11 is 0. The monoisotopic (exact) mass is 358 g/mol. The normalized spacial score (nSPS) is 44.9. The summed E-state index contributed by atoms with van der Waals surface area (Å²) in [5.41, 5.74) is 2.27. The highest BCUT2D eigenvalue weighted by Crippen LogP contribution is 2.71. The summed E-state index contributed by atoms with van der Waals surface area (Å²) in [6, 6.07) is 0. The van der Waals surface area contributed by atoms with E-state index < -0.39 is 11.4 Å². The second kappa shape index (κ2) is 5.93. The third-order valence-electron chi connectivity index (χ3n) is 7.23. The molecule has 142 valence electrons. The smallest absolute Gasteiger partial charge is 0.328 e. The van der Waals surface area contributed by atoms with E-state index in [1.807, 2.05) is 19.9 Å². The number of hydrogen-bond acceptors (Lipinski definition) is 3. The van der Waals surface area contributed by atoms with Crippen LogP contribution in [0, 0.1) is 22.2 Å². The van der Waals surface area contributed by atoms with Gasteiger partial charge in [-0.1, -0.05) is 43.7 Å². The predicted molar refractivity (Wildman–Crippen MR) is 102 cm³/mol. The molecule has 4 heteroatoms. The first kappa shape index (κ1) is 19.1. The van der Waals surface area contributed by atoms with Gasteiger partial charge in [0.05, 0.1) is 18.8 Å². The molecule has 3 aliphatic rings. The third kappa shape index (κ3) is 2.18. The summed E-state index contributed by atoms with van der Waals surface area (Å²) in [7, 11) is 0. The van der Waals surface area contributed by atoms with Crippen LogP contribution in [0.3, 0.4) is 0 Å². The van der Waals surface area contributed by atoms with Gasteiger partial charge in [-0.05, 0) is 38.8 Å². The molecular formula is C22H30O4. The van der Waals surface area contributed by atoms with Gasteiger partial charge in [-0.25, -0.2) is 4.79 Å². The molecule has 0 amide bonds. The van der Waals surface area contributed by atoms with Crippen molar-refractivity contribution in [1.82, 2.24) is 0 Å². The fourth-order valence-corrected chi connectivity index (χ4v) is 6.14. The molecular weight excluding hydrogens is 328 g/mol. The highest BCUT2D eigenvalue weighted by atomic mass is 16.5. The molecule has 1 saturated heterocycles. The van der Waals surface area contributed by atoms with Gasteiger partial charge in [-0.3, -0.25) is 0 Å². The molecule has 0 spiro atoms. The van der Waals surface area contributed by atoms with Crippen molar-refractivity contribution < 1.29 is 19.7 Å². The first-order chi connectivity index (χ1) is 12.1. The van der Waals surface area contributed by atoms with Gasteiger partial charge < -0.3 is 14.9 Å². The summed E-state index contributed by atoms with van der Waals surface area (Å²) in [6.07, 6.45) is 9.20. The summed E-state index contributed by atoms with van der Waals surface area (Å²) in [5.74, 6) is -1.01. The predicted octanol–water partition coefficient (Wildman–Crippen LogP) is 3.89. The van der Waals surface area contributed by atoms with Crippen LogP contribution in [0.5, 0.6) is 0 Å². The van der Waals surface area contributed by atoms with E-state index in [0.29, 0.717) is 0 Å². The molecule has 0 bridgehead atoms. The Kier molecular flexibility index (Phi) is 4.36. The molecule has 0 unspecified atom stereocenters. The van der Waals surface area contributed by atoms with Gasteiger partial charge in [0.15, 0.2) is 0 Å². The van der Waals surface area contributed by atoms with Gasteiger partial charge in [-0.15, -0.1) is 0 Å². The van der Waals surface area contributed by atoms with E-state index in [1.54, 1.807) is 6.08 Å². The minimum absolute atomic E-state index is 0.0102. The molecule has 0 radical (unpaired) electrons. The van der Waals surface area contributed by atoms with Crippen molar-refractivity contribution in [2.45, 2.75) is 53.8 Å². The van der Waals surface area contributed by atoms with Gasteiger partial charge in [0.25, 0.3) is 0 Å². The molecule has 4 nitrogen and oxygen atoms in total. The van der Waals surface area contributed by atoms with Crippen LogP contribution in [0.15, 0.2) is 47.1 Å². The summed E-state index contributed by atoms with van der Waals surface area (Å²) < 4.78 is 6.58. The lowest BCUT2D eigenvalue weighted by Gasteiger charge is -2.52. The van der Waals surface area contributed by atoms with Crippen molar-refractivity contribution in [2.24, 2.45) is 22.2 Å². The highest BCUT2D eigenvalue weighted by molar-refractivity contribution is 5.80. The number of aliphatic carboxylic acids is 1. The van der Waals surface area contributed by atoms with Crippen molar-refractivity contribution in [3.8, 4) is 0 Å². The number of ether oxygens (including phenoxy) is 1. The molecule has 0 aromatic heterocycles. The van der Waals surface area contributed by atoms with Crippen LogP contribution < -0.4 is 0 Å². The molecule has 26 heavy (non-hydrogen) atoms. The average Bonchev–Trinajstić information content (AvgIpc) is 2.93. The topological polar surface area (TPSA) is 66.8 Å². The average molecular weight is 358 g/mol. The Hall–Kier alpha value is -1.65. The summed E-state index contributed by atoms with van der Waals surface area (Å²) in [4.78, 5) is 11.2. The second-order valence-electron chi connectivity index (χ2n) is 8.65. The minimum Gasteiger partial charge on any atom is -0.478 e. The fourth-order valence-electron chi connectivity index (χ4n) is 6.14. The molecule has 2 N–H and O–H groups in total. The number of rotatable bonds is 4. The Morgan fingerprint density at radius 2 is 1.92 bits per heavy atom. The Morgan fingerprint density at radius 1 is 1.27 bits per heavy atom. The molecule has 0 saturated carbocycles. The number of aliphatic hydroxyl groups excluding tert-OH is 1. The van der Waals surface area contributed by atoms with E-state index in [9.17, 15) is 9.90 Å². The van der Waals surface area contributed by atoms with Gasteiger partial charge in [0, 0.05) is 28.2 Å². The van der Waals surface area contributed by atoms with E-state index in [0.717, 1.165) is 11.6 Å². The van der Waals surface area contributed by atoms with Crippen LogP contribution in [-0.2, 0) is 9.53 Å².